The number of amides is 1. The van der Waals surface area contributed by atoms with E-state index in [4.69, 9.17) is 5.73 Å². The maximum Gasteiger partial charge on any atom is 0.223 e. The highest BCUT2D eigenvalue weighted by molar-refractivity contribution is 5.76. The molecule has 1 rings (SSSR count). The fraction of sp³-hybridized carbons (Fsp3) is 0.889. The van der Waals surface area contributed by atoms with E-state index < -0.39 is 0 Å². The first-order valence-electron chi connectivity index (χ1n) is 4.62. The molecular weight excluding hydrogens is 152 g/mol. The maximum atomic E-state index is 11.4. The molecule has 3 heteroatoms. The van der Waals surface area contributed by atoms with E-state index in [0.29, 0.717) is 19.0 Å². The van der Waals surface area contributed by atoms with Gasteiger partial charge in [-0.05, 0) is 25.7 Å². The molecular formula is C9H18N2O. The summed E-state index contributed by atoms with van der Waals surface area (Å²) in [6.45, 7) is 2.58. The summed E-state index contributed by atoms with van der Waals surface area (Å²) >= 11 is 0. The lowest BCUT2D eigenvalue weighted by atomic mass is 10.2. The van der Waals surface area contributed by atoms with Gasteiger partial charge in [-0.15, -0.1) is 0 Å². The van der Waals surface area contributed by atoms with Crippen molar-refractivity contribution in [2.75, 3.05) is 13.6 Å². The molecule has 1 unspecified atom stereocenters. The van der Waals surface area contributed by atoms with Gasteiger partial charge in [0.1, 0.15) is 0 Å². The van der Waals surface area contributed by atoms with E-state index in [2.05, 4.69) is 6.92 Å². The normalized spacial score (nSPS) is 18.9. The molecule has 0 bridgehead atoms. The molecule has 2 N–H and O–H groups in total. The molecule has 0 aliphatic heterocycles. The molecule has 1 aliphatic rings. The quantitative estimate of drug-likeness (QED) is 0.671. The standard InChI is InChI=1S/C9H18N2O/c1-7(8-3-4-8)11(2)9(12)5-6-10/h7-8H,3-6,10H2,1-2H3. The van der Waals surface area contributed by atoms with E-state index in [9.17, 15) is 4.79 Å². The molecule has 1 atom stereocenters. The second-order valence-corrected chi connectivity index (χ2v) is 3.62. The second-order valence-electron chi connectivity index (χ2n) is 3.62. The molecule has 1 amide bonds. The largest absolute Gasteiger partial charge is 0.343 e. The van der Waals surface area contributed by atoms with E-state index in [0.717, 1.165) is 5.92 Å². The van der Waals surface area contributed by atoms with Gasteiger partial charge in [-0.3, -0.25) is 4.79 Å². The fourth-order valence-electron chi connectivity index (χ4n) is 1.42. The van der Waals surface area contributed by atoms with Crippen molar-refractivity contribution < 1.29 is 4.79 Å². The highest BCUT2D eigenvalue weighted by Gasteiger charge is 2.31. The molecule has 0 aromatic heterocycles. The second kappa shape index (κ2) is 3.90. The minimum Gasteiger partial charge on any atom is -0.343 e. The van der Waals surface area contributed by atoms with E-state index in [1.807, 2.05) is 11.9 Å². The summed E-state index contributed by atoms with van der Waals surface area (Å²) < 4.78 is 0. The summed E-state index contributed by atoms with van der Waals surface area (Å²) in [5.41, 5.74) is 5.31. The SMILES string of the molecule is CC(C1CC1)N(C)C(=O)CCN. The third-order valence-electron chi connectivity index (χ3n) is 2.67. The minimum atomic E-state index is 0.178. The van der Waals surface area contributed by atoms with Crippen LogP contribution in [0.5, 0.6) is 0 Å². The van der Waals surface area contributed by atoms with Crippen LogP contribution in [0.15, 0.2) is 0 Å². The zero-order valence-corrected chi connectivity index (χ0v) is 7.92. The Morgan fingerprint density at radius 3 is 2.67 bits per heavy atom. The third-order valence-corrected chi connectivity index (χ3v) is 2.67. The highest BCUT2D eigenvalue weighted by Crippen LogP contribution is 2.34. The van der Waals surface area contributed by atoms with Crippen molar-refractivity contribution in [1.82, 2.24) is 4.90 Å². The van der Waals surface area contributed by atoms with Crippen molar-refractivity contribution in [3.8, 4) is 0 Å². The van der Waals surface area contributed by atoms with Crippen LogP contribution in [0.4, 0.5) is 0 Å². The monoisotopic (exact) mass is 170 g/mol. The first-order chi connectivity index (χ1) is 5.66. The molecule has 0 radical (unpaired) electrons. The van der Waals surface area contributed by atoms with Crippen LogP contribution in [-0.4, -0.2) is 30.4 Å². The van der Waals surface area contributed by atoms with Gasteiger partial charge in [-0.25, -0.2) is 0 Å². The van der Waals surface area contributed by atoms with Crippen LogP contribution in [0.3, 0.4) is 0 Å². The lowest BCUT2D eigenvalue weighted by Crippen LogP contribution is -2.37. The molecule has 1 fully saturated rings. The molecule has 3 nitrogen and oxygen atoms in total. The van der Waals surface area contributed by atoms with Gasteiger partial charge in [0.2, 0.25) is 5.91 Å². The Morgan fingerprint density at radius 1 is 1.67 bits per heavy atom. The minimum absolute atomic E-state index is 0.178. The molecule has 0 spiro atoms. The van der Waals surface area contributed by atoms with E-state index in [1.165, 1.54) is 12.8 Å². The van der Waals surface area contributed by atoms with Crippen LogP contribution in [-0.2, 0) is 4.79 Å². The molecule has 0 saturated heterocycles. The number of nitrogens with two attached hydrogens (primary N) is 1. The van der Waals surface area contributed by atoms with Crippen LogP contribution in [0.1, 0.15) is 26.2 Å². The summed E-state index contributed by atoms with van der Waals surface area (Å²) in [5.74, 6) is 0.925. The van der Waals surface area contributed by atoms with Gasteiger partial charge < -0.3 is 10.6 Å². The van der Waals surface area contributed by atoms with Crippen LogP contribution in [0.25, 0.3) is 0 Å². The van der Waals surface area contributed by atoms with Gasteiger partial charge in [0, 0.05) is 26.1 Å². The molecule has 1 aliphatic carbocycles. The first kappa shape index (κ1) is 9.52. The number of carbonyl (C=O) groups excluding carboxylic acids is 1. The molecule has 0 heterocycles. The van der Waals surface area contributed by atoms with Gasteiger partial charge in [-0.2, -0.15) is 0 Å². The molecule has 0 aromatic rings. The Kier molecular flexibility index (Phi) is 3.09. The van der Waals surface area contributed by atoms with Crippen molar-refractivity contribution in [3.63, 3.8) is 0 Å². The molecule has 70 valence electrons. The maximum absolute atomic E-state index is 11.4. The van der Waals surface area contributed by atoms with Gasteiger partial charge >= 0.3 is 0 Å². The van der Waals surface area contributed by atoms with Crippen molar-refractivity contribution in [3.05, 3.63) is 0 Å². The number of hydrogen-bond acceptors (Lipinski definition) is 2. The highest BCUT2D eigenvalue weighted by atomic mass is 16.2. The summed E-state index contributed by atoms with van der Waals surface area (Å²) in [5, 5.41) is 0. The third kappa shape index (κ3) is 2.21. The topological polar surface area (TPSA) is 46.3 Å². The van der Waals surface area contributed by atoms with Crippen molar-refractivity contribution in [1.29, 1.82) is 0 Å². The Hall–Kier alpha value is -0.570. The summed E-state index contributed by atoms with van der Waals surface area (Å²) in [6.07, 6.45) is 3.04. The predicted octanol–water partition coefficient (Wildman–Crippen LogP) is 0.592. The Bertz CT molecular complexity index is 166. The number of carbonyl (C=O) groups is 1. The van der Waals surface area contributed by atoms with Crippen molar-refractivity contribution in [2.45, 2.75) is 32.2 Å². The zero-order chi connectivity index (χ0) is 9.14. The lowest BCUT2D eigenvalue weighted by molar-refractivity contribution is -0.131. The van der Waals surface area contributed by atoms with Crippen LogP contribution in [0.2, 0.25) is 0 Å². The Balaban J connectivity index is 2.33. The van der Waals surface area contributed by atoms with Crippen molar-refractivity contribution in [2.24, 2.45) is 11.7 Å². The van der Waals surface area contributed by atoms with E-state index in [1.54, 1.807) is 0 Å². The zero-order valence-electron chi connectivity index (χ0n) is 7.92. The lowest BCUT2D eigenvalue weighted by Gasteiger charge is -2.24. The Labute approximate surface area is 73.9 Å². The van der Waals surface area contributed by atoms with Crippen LogP contribution < -0.4 is 5.73 Å². The number of hydrogen-bond donors (Lipinski definition) is 1. The fourth-order valence-corrected chi connectivity index (χ4v) is 1.42. The molecule has 0 aromatic carbocycles. The van der Waals surface area contributed by atoms with E-state index >= 15 is 0 Å². The summed E-state index contributed by atoms with van der Waals surface area (Å²) in [6, 6.07) is 0.407. The Morgan fingerprint density at radius 2 is 2.25 bits per heavy atom. The van der Waals surface area contributed by atoms with Gasteiger partial charge in [0.25, 0.3) is 0 Å². The summed E-state index contributed by atoms with van der Waals surface area (Å²) in [7, 11) is 1.88. The van der Waals surface area contributed by atoms with Gasteiger partial charge in [0.15, 0.2) is 0 Å². The first-order valence-corrected chi connectivity index (χ1v) is 4.62. The predicted molar refractivity (Wildman–Crippen MR) is 48.6 cm³/mol. The van der Waals surface area contributed by atoms with E-state index in [-0.39, 0.29) is 5.91 Å². The van der Waals surface area contributed by atoms with Crippen molar-refractivity contribution >= 4 is 5.91 Å². The summed E-state index contributed by atoms with van der Waals surface area (Å²) in [4.78, 5) is 13.2. The smallest absolute Gasteiger partial charge is 0.223 e. The average Bonchev–Trinajstić information content (AvgIpc) is 2.84. The number of rotatable bonds is 4. The van der Waals surface area contributed by atoms with Gasteiger partial charge in [0.05, 0.1) is 0 Å². The van der Waals surface area contributed by atoms with Crippen LogP contribution >= 0.6 is 0 Å². The average molecular weight is 170 g/mol. The number of nitrogens with zero attached hydrogens (tertiary/aromatic N) is 1. The molecule has 12 heavy (non-hydrogen) atoms. The molecule has 1 saturated carbocycles. The van der Waals surface area contributed by atoms with Gasteiger partial charge in [-0.1, -0.05) is 0 Å². The van der Waals surface area contributed by atoms with Crippen LogP contribution in [0, 0.1) is 5.92 Å².